The minimum absolute atomic E-state index is 0.0271. The van der Waals surface area contributed by atoms with E-state index in [0.717, 1.165) is 23.2 Å². The molecule has 200 valence electrons. The first kappa shape index (κ1) is 27.5. The van der Waals surface area contributed by atoms with E-state index in [2.05, 4.69) is 20.1 Å². The number of carbonyl (C=O) groups excluding carboxylic acids is 3. The molecule has 2 amide bonds. The van der Waals surface area contributed by atoms with Gasteiger partial charge in [0, 0.05) is 17.5 Å². The molecule has 0 aromatic heterocycles. The molecule has 3 aliphatic heterocycles. The summed E-state index contributed by atoms with van der Waals surface area (Å²) in [5.74, 6) is -2.12. The highest BCUT2D eigenvalue weighted by Crippen LogP contribution is 2.69. The van der Waals surface area contributed by atoms with Crippen molar-refractivity contribution in [2.24, 2.45) is 17.8 Å². The van der Waals surface area contributed by atoms with Crippen LogP contribution in [0.15, 0.2) is 43.5 Å². The number of likely N-dealkylation sites (tertiary alicyclic amines) is 1. The maximum Gasteiger partial charge on any atom is 0.311 e. The summed E-state index contributed by atoms with van der Waals surface area (Å²) in [4.78, 5) is 45.4. The maximum absolute atomic E-state index is 14.7. The molecule has 0 aliphatic carbocycles. The largest absolute Gasteiger partial charge is 0.461 e. The van der Waals surface area contributed by atoms with Crippen molar-refractivity contribution in [3.05, 3.63) is 54.6 Å². The third-order valence-corrected chi connectivity index (χ3v) is 10.4. The van der Waals surface area contributed by atoms with E-state index in [1.807, 2.05) is 39.0 Å². The van der Waals surface area contributed by atoms with Crippen LogP contribution in [0.5, 0.6) is 0 Å². The molecule has 3 unspecified atom stereocenters. The van der Waals surface area contributed by atoms with Crippen LogP contribution < -0.4 is 4.90 Å². The van der Waals surface area contributed by atoms with Crippen LogP contribution in [0, 0.1) is 31.6 Å². The molecular formula is C29H38N2O5S. The number of esters is 1. The molecule has 1 spiro atoms. The van der Waals surface area contributed by atoms with Gasteiger partial charge in [0.1, 0.15) is 12.6 Å². The van der Waals surface area contributed by atoms with Crippen molar-refractivity contribution >= 4 is 35.2 Å². The van der Waals surface area contributed by atoms with Crippen LogP contribution in [-0.2, 0) is 19.1 Å². The first-order valence-electron chi connectivity index (χ1n) is 13.1. The average Bonchev–Trinajstić information content (AvgIpc) is 3.47. The Balaban J connectivity index is 1.86. The van der Waals surface area contributed by atoms with E-state index >= 15 is 0 Å². The second-order valence-corrected chi connectivity index (χ2v) is 12.0. The number of aliphatic hydroxyl groups excluding tert-OH is 1. The third kappa shape index (κ3) is 4.22. The maximum atomic E-state index is 14.7. The van der Waals surface area contributed by atoms with Gasteiger partial charge in [-0.25, -0.2) is 0 Å². The topological polar surface area (TPSA) is 87.1 Å². The number of thioether (sulfide) groups is 1. The minimum Gasteiger partial charge on any atom is -0.461 e. The molecule has 3 fully saturated rings. The van der Waals surface area contributed by atoms with Gasteiger partial charge in [-0.2, -0.15) is 0 Å². The highest BCUT2D eigenvalue weighted by atomic mass is 32.2. The Labute approximate surface area is 223 Å². The van der Waals surface area contributed by atoms with E-state index in [4.69, 9.17) is 4.74 Å². The molecule has 4 rings (SSSR count). The number of fused-ring (bicyclic) bond motifs is 1. The van der Waals surface area contributed by atoms with Crippen LogP contribution >= 0.6 is 11.8 Å². The predicted molar refractivity (Wildman–Crippen MR) is 146 cm³/mol. The van der Waals surface area contributed by atoms with Gasteiger partial charge in [-0.1, -0.05) is 44.7 Å². The van der Waals surface area contributed by atoms with Gasteiger partial charge in [0.05, 0.1) is 29.2 Å². The van der Waals surface area contributed by atoms with Crippen LogP contribution in [-0.4, -0.2) is 69.6 Å². The van der Waals surface area contributed by atoms with Gasteiger partial charge in [-0.15, -0.1) is 18.3 Å². The van der Waals surface area contributed by atoms with E-state index in [1.165, 1.54) is 6.08 Å². The average molecular weight is 527 g/mol. The first-order valence-corrected chi connectivity index (χ1v) is 13.9. The summed E-state index contributed by atoms with van der Waals surface area (Å²) in [6.45, 7) is 15.5. The third-order valence-electron chi connectivity index (χ3n) is 8.34. The lowest BCUT2D eigenvalue weighted by molar-refractivity contribution is -0.154. The molecule has 37 heavy (non-hydrogen) atoms. The zero-order valence-electron chi connectivity index (χ0n) is 22.2. The molecule has 3 saturated heterocycles. The van der Waals surface area contributed by atoms with Crippen molar-refractivity contribution in [3.8, 4) is 0 Å². The monoisotopic (exact) mass is 526 g/mol. The van der Waals surface area contributed by atoms with Crippen LogP contribution in [0.4, 0.5) is 5.69 Å². The molecule has 3 heterocycles. The molecular weight excluding hydrogens is 488 g/mol. The summed E-state index contributed by atoms with van der Waals surface area (Å²) in [5.41, 5.74) is 2.75. The Morgan fingerprint density at radius 2 is 2.05 bits per heavy atom. The number of rotatable bonds is 10. The van der Waals surface area contributed by atoms with Crippen molar-refractivity contribution in [2.75, 3.05) is 24.7 Å². The fraction of sp³-hybridized carbons (Fsp3) is 0.552. The van der Waals surface area contributed by atoms with Gasteiger partial charge in [0.25, 0.3) is 5.91 Å². The second-order valence-electron chi connectivity index (χ2n) is 10.5. The van der Waals surface area contributed by atoms with Crippen LogP contribution in [0.2, 0.25) is 0 Å². The molecule has 1 aromatic carbocycles. The number of aliphatic hydroxyl groups is 1. The van der Waals surface area contributed by atoms with Crippen LogP contribution in [0.3, 0.4) is 0 Å². The van der Waals surface area contributed by atoms with E-state index in [9.17, 15) is 19.5 Å². The van der Waals surface area contributed by atoms with Gasteiger partial charge in [0.15, 0.2) is 0 Å². The van der Waals surface area contributed by atoms with E-state index in [-0.39, 0.29) is 42.7 Å². The Kier molecular flexibility index (Phi) is 7.91. The fourth-order valence-electron chi connectivity index (χ4n) is 6.65. The van der Waals surface area contributed by atoms with Gasteiger partial charge in [0.2, 0.25) is 5.91 Å². The summed E-state index contributed by atoms with van der Waals surface area (Å²) in [6.07, 6.45) is 4.42. The molecule has 1 aromatic rings. The Hall–Kier alpha value is -2.58. The summed E-state index contributed by atoms with van der Waals surface area (Å²) >= 11 is 1.60. The van der Waals surface area contributed by atoms with Crippen LogP contribution in [0.25, 0.3) is 0 Å². The van der Waals surface area contributed by atoms with Crippen molar-refractivity contribution in [2.45, 2.75) is 62.6 Å². The summed E-state index contributed by atoms with van der Waals surface area (Å²) in [5, 5.41) is 10.2. The highest BCUT2D eigenvalue weighted by molar-refractivity contribution is 8.02. The number of anilines is 1. The second kappa shape index (κ2) is 10.7. The van der Waals surface area contributed by atoms with E-state index in [1.54, 1.807) is 27.6 Å². The SMILES string of the molecule is C=CCOC(=O)[C@@H]1[C@H]2C(=O)N([C@@H](CC)CO)C(C(=O)N(CC=C)c3cc(C)ccc3C)C23S[C@@H]1CC3C. The van der Waals surface area contributed by atoms with Gasteiger partial charge >= 0.3 is 5.97 Å². The highest BCUT2D eigenvalue weighted by Gasteiger charge is 2.77. The number of benzene rings is 1. The van der Waals surface area contributed by atoms with Crippen molar-refractivity contribution in [1.82, 2.24) is 4.90 Å². The number of hydrogen-bond acceptors (Lipinski definition) is 6. The number of carbonyl (C=O) groups is 3. The Morgan fingerprint density at radius 1 is 1.32 bits per heavy atom. The number of amides is 2. The van der Waals surface area contributed by atoms with Crippen LogP contribution in [0.1, 0.15) is 37.8 Å². The molecule has 1 N–H and O–H groups in total. The molecule has 3 aliphatic rings. The lowest BCUT2D eigenvalue weighted by atomic mass is 9.66. The molecule has 0 radical (unpaired) electrons. The smallest absolute Gasteiger partial charge is 0.311 e. The van der Waals surface area contributed by atoms with E-state index < -0.39 is 34.6 Å². The molecule has 0 saturated carbocycles. The number of hydrogen-bond donors (Lipinski definition) is 1. The summed E-state index contributed by atoms with van der Waals surface area (Å²) < 4.78 is 4.66. The lowest BCUT2D eigenvalue weighted by Gasteiger charge is -2.42. The zero-order chi connectivity index (χ0) is 27.1. The Bertz CT molecular complexity index is 1100. The van der Waals surface area contributed by atoms with E-state index in [0.29, 0.717) is 6.42 Å². The lowest BCUT2D eigenvalue weighted by Crippen LogP contribution is -2.59. The molecule has 2 bridgehead atoms. The number of aryl methyl sites for hydroxylation is 2. The normalized spacial score (nSPS) is 30.7. The summed E-state index contributed by atoms with van der Waals surface area (Å²) in [7, 11) is 0. The van der Waals surface area contributed by atoms with Gasteiger partial charge < -0.3 is 19.6 Å². The van der Waals surface area contributed by atoms with Crippen molar-refractivity contribution in [1.29, 1.82) is 0 Å². The fourth-order valence-corrected chi connectivity index (χ4v) is 9.04. The quantitative estimate of drug-likeness (QED) is 0.370. The number of ether oxygens (including phenoxy) is 1. The molecule has 8 heteroatoms. The van der Waals surface area contributed by atoms with Gasteiger partial charge in [-0.05, 0) is 49.8 Å². The number of nitrogens with zero attached hydrogens (tertiary/aromatic N) is 2. The van der Waals surface area contributed by atoms with Gasteiger partial charge in [-0.3, -0.25) is 14.4 Å². The minimum atomic E-state index is -0.816. The first-order chi connectivity index (χ1) is 17.7. The van der Waals surface area contributed by atoms with Crippen molar-refractivity contribution in [3.63, 3.8) is 0 Å². The summed E-state index contributed by atoms with van der Waals surface area (Å²) in [6, 6.07) is 4.63. The van der Waals surface area contributed by atoms with Crippen molar-refractivity contribution < 1.29 is 24.2 Å². The predicted octanol–water partition coefficient (Wildman–Crippen LogP) is 3.66. The molecule has 7 atom stereocenters. The Morgan fingerprint density at radius 3 is 2.68 bits per heavy atom. The zero-order valence-corrected chi connectivity index (χ0v) is 23.0. The molecule has 7 nitrogen and oxygen atoms in total. The standard InChI is InChI=1S/C29H38N2O5S/c1-7-12-30(21-14-17(4)10-11-18(21)5)27(34)25-29-19(6)15-22(37-29)23(28(35)36-13-8-2)24(29)26(33)31(25)20(9-3)16-32/h7-8,10-11,14,19-20,22-25,32H,1-2,9,12-13,15-16H2,3-6H3/t19?,20-,22+,23-,24-,25?,29?/m0/s1.